The first-order chi connectivity index (χ1) is 13.1. The molecule has 0 saturated carbocycles. The van der Waals surface area contributed by atoms with Gasteiger partial charge in [0.2, 0.25) is 0 Å². The molecule has 0 bridgehead atoms. The molecule has 0 radical (unpaired) electrons. The second-order valence-electron chi connectivity index (χ2n) is 6.89. The van der Waals surface area contributed by atoms with E-state index in [4.69, 9.17) is 4.74 Å². The summed E-state index contributed by atoms with van der Waals surface area (Å²) in [4.78, 5) is 27.1. The van der Waals surface area contributed by atoms with Gasteiger partial charge in [0.1, 0.15) is 0 Å². The number of carbonyl (C=O) groups is 1. The molecule has 0 aromatic heterocycles. The highest BCUT2D eigenvalue weighted by Crippen LogP contribution is 2.50. The number of rotatable bonds is 4. The summed E-state index contributed by atoms with van der Waals surface area (Å²) in [6, 6.07) is 17.0. The van der Waals surface area contributed by atoms with Crippen molar-refractivity contribution in [3.8, 4) is 0 Å². The summed E-state index contributed by atoms with van der Waals surface area (Å²) in [5, 5.41) is 12.3. The lowest BCUT2D eigenvalue weighted by Crippen LogP contribution is -2.67. The van der Waals surface area contributed by atoms with Crippen LogP contribution in [0, 0.1) is 10.1 Å². The van der Waals surface area contributed by atoms with Crippen molar-refractivity contribution >= 4 is 11.6 Å². The van der Waals surface area contributed by atoms with E-state index in [0.29, 0.717) is 6.42 Å². The van der Waals surface area contributed by atoms with Crippen LogP contribution in [0.4, 0.5) is 5.69 Å². The molecule has 3 atom stereocenters. The van der Waals surface area contributed by atoms with Crippen LogP contribution < -0.4 is 4.90 Å². The summed E-state index contributed by atoms with van der Waals surface area (Å²) in [5.41, 5.74) is 0.611. The zero-order valence-corrected chi connectivity index (χ0v) is 14.9. The lowest BCUT2D eigenvalue weighted by molar-refractivity contribution is -0.568. The summed E-state index contributed by atoms with van der Waals surface area (Å²) in [6.07, 6.45) is 3.04. The van der Waals surface area contributed by atoms with Crippen molar-refractivity contribution in [2.24, 2.45) is 0 Å². The van der Waals surface area contributed by atoms with Gasteiger partial charge in [0, 0.05) is 17.7 Å². The number of hydrogen-bond donors (Lipinski definition) is 0. The minimum atomic E-state index is -1.85. The Bertz CT molecular complexity index is 911. The van der Waals surface area contributed by atoms with Crippen molar-refractivity contribution in [2.45, 2.75) is 30.5 Å². The average molecular weight is 364 g/mol. The third-order valence-corrected chi connectivity index (χ3v) is 5.58. The molecule has 0 fully saturated rings. The van der Waals surface area contributed by atoms with E-state index in [1.165, 1.54) is 12.0 Å². The molecule has 0 saturated heterocycles. The molecular formula is C21H20N2O4. The van der Waals surface area contributed by atoms with Gasteiger partial charge in [-0.1, -0.05) is 60.7 Å². The smallest absolute Gasteiger partial charge is 0.335 e. The first-order valence-electron chi connectivity index (χ1n) is 8.89. The van der Waals surface area contributed by atoms with E-state index in [0.717, 1.165) is 16.8 Å². The number of nitrogens with zero attached hydrogens (tertiary/aromatic N) is 2. The molecular weight excluding hydrogens is 344 g/mol. The largest absolute Gasteiger partial charge is 0.369 e. The molecule has 1 amide bonds. The highest BCUT2D eigenvalue weighted by molar-refractivity contribution is 6.04. The van der Waals surface area contributed by atoms with Crippen molar-refractivity contribution in [1.29, 1.82) is 0 Å². The first kappa shape index (κ1) is 17.4. The molecule has 1 aliphatic heterocycles. The number of hydrogen-bond acceptors (Lipinski definition) is 4. The van der Waals surface area contributed by atoms with E-state index >= 15 is 0 Å². The summed E-state index contributed by atoms with van der Waals surface area (Å²) in [7, 11) is 1.41. The van der Waals surface area contributed by atoms with Crippen LogP contribution in [-0.4, -0.2) is 29.6 Å². The van der Waals surface area contributed by atoms with Crippen molar-refractivity contribution in [3.63, 3.8) is 0 Å². The van der Waals surface area contributed by atoms with Gasteiger partial charge in [0.05, 0.1) is 12.5 Å². The third kappa shape index (κ3) is 2.48. The van der Waals surface area contributed by atoms with E-state index in [9.17, 15) is 14.9 Å². The average Bonchev–Trinajstić information content (AvgIpc) is 2.71. The van der Waals surface area contributed by atoms with E-state index in [1.807, 2.05) is 60.7 Å². The van der Waals surface area contributed by atoms with Crippen LogP contribution in [-0.2, 0) is 16.1 Å². The lowest BCUT2D eigenvalue weighted by atomic mass is 9.67. The predicted octanol–water partition coefficient (Wildman–Crippen LogP) is 3.31. The fourth-order valence-electron chi connectivity index (χ4n) is 4.34. The topological polar surface area (TPSA) is 72.7 Å². The highest BCUT2D eigenvalue weighted by atomic mass is 16.6. The van der Waals surface area contributed by atoms with Crippen LogP contribution >= 0.6 is 0 Å². The Kier molecular flexibility index (Phi) is 4.28. The maximum Gasteiger partial charge on any atom is 0.335 e. The van der Waals surface area contributed by atoms with Gasteiger partial charge in [0.15, 0.2) is 6.10 Å². The normalized spacial score (nSPS) is 26.4. The first-order valence-corrected chi connectivity index (χ1v) is 8.89. The Morgan fingerprint density at radius 1 is 1.19 bits per heavy atom. The molecule has 2 aliphatic rings. The van der Waals surface area contributed by atoms with Crippen LogP contribution in [0.5, 0.6) is 0 Å². The monoisotopic (exact) mass is 364 g/mol. The number of allylic oxidation sites excluding steroid dienone is 1. The van der Waals surface area contributed by atoms with E-state index < -0.39 is 28.4 Å². The van der Waals surface area contributed by atoms with Gasteiger partial charge >= 0.3 is 11.4 Å². The minimum Gasteiger partial charge on any atom is -0.369 e. The SMILES string of the molecule is CO[C@@H]1C=CC[C@@H]2c3ccccc3N(Cc3ccccc3)C(=O)[C@@]21[N+](=O)[O-]. The summed E-state index contributed by atoms with van der Waals surface area (Å²) < 4.78 is 5.43. The number of carbonyl (C=O) groups excluding carboxylic acids is 1. The summed E-state index contributed by atoms with van der Waals surface area (Å²) in [5.74, 6) is -1.07. The number of ether oxygens (including phenoxy) is 1. The number of anilines is 1. The highest BCUT2D eigenvalue weighted by Gasteiger charge is 2.68. The van der Waals surface area contributed by atoms with Gasteiger partial charge in [-0.2, -0.15) is 0 Å². The fraction of sp³-hybridized carbons (Fsp3) is 0.286. The molecule has 6 nitrogen and oxygen atoms in total. The van der Waals surface area contributed by atoms with Crippen LogP contribution in [0.25, 0.3) is 0 Å². The predicted molar refractivity (Wildman–Crippen MR) is 101 cm³/mol. The number of nitro groups is 1. The summed E-state index contributed by atoms with van der Waals surface area (Å²) in [6.45, 7) is 0.277. The minimum absolute atomic E-state index is 0.277. The van der Waals surface area contributed by atoms with Gasteiger partial charge in [-0.25, -0.2) is 0 Å². The summed E-state index contributed by atoms with van der Waals surface area (Å²) >= 11 is 0. The Morgan fingerprint density at radius 2 is 1.89 bits per heavy atom. The Labute approximate surface area is 157 Å². The zero-order chi connectivity index (χ0) is 19.0. The van der Waals surface area contributed by atoms with Crippen LogP contribution in [0.2, 0.25) is 0 Å². The maximum atomic E-state index is 13.6. The molecule has 1 aliphatic carbocycles. The number of methoxy groups -OCH3 is 1. The molecule has 2 aromatic rings. The van der Waals surface area contributed by atoms with Gasteiger partial charge < -0.3 is 9.64 Å². The standard InChI is InChI=1S/C21H20N2O4/c1-27-19-13-7-11-17-16-10-5-6-12-18(16)22(14-15-8-3-2-4-9-15)20(24)21(17,19)23(25)26/h2-10,12-13,17,19H,11,14H2,1H3/t17-,19-,21-/m1/s1. The number of para-hydroxylation sites is 1. The van der Waals surface area contributed by atoms with Crippen LogP contribution in [0.3, 0.4) is 0 Å². The number of fused-ring (bicyclic) bond motifs is 3. The van der Waals surface area contributed by atoms with Crippen molar-refractivity contribution in [2.75, 3.05) is 12.0 Å². The lowest BCUT2D eigenvalue weighted by Gasteiger charge is -2.45. The van der Waals surface area contributed by atoms with Gasteiger partial charge in [-0.05, 0) is 23.6 Å². The molecule has 4 rings (SSSR count). The van der Waals surface area contributed by atoms with E-state index in [-0.39, 0.29) is 6.54 Å². The fourth-order valence-corrected chi connectivity index (χ4v) is 4.34. The molecule has 27 heavy (non-hydrogen) atoms. The number of benzene rings is 2. The Morgan fingerprint density at radius 3 is 2.59 bits per heavy atom. The second-order valence-corrected chi connectivity index (χ2v) is 6.89. The molecule has 0 N–H and O–H groups in total. The maximum absolute atomic E-state index is 13.6. The molecule has 0 unspecified atom stereocenters. The quantitative estimate of drug-likeness (QED) is 0.474. The van der Waals surface area contributed by atoms with Crippen LogP contribution in [0.15, 0.2) is 66.7 Å². The van der Waals surface area contributed by atoms with E-state index in [2.05, 4.69) is 0 Å². The molecule has 2 aromatic carbocycles. The van der Waals surface area contributed by atoms with E-state index in [1.54, 1.807) is 6.08 Å². The Balaban J connectivity index is 1.91. The third-order valence-electron chi connectivity index (χ3n) is 5.58. The van der Waals surface area contributed by atoms with Crippen molar-refractivity contribution < 1.29 is 14.5 Å². The van der Waals surface area contributed by atoms with Gasteiger partial charge in [0.25, 0.3) is 0 Å². The van der Waals surface area contributed by atoms with Gasteiger partial charge in [-0.15, -0.1) is 0 Å². The van der Waals surface area contributed by atoms with Crippen molar-refractivity contribution in [3.05, 3.63) is 88.0 Å². The number of amides is 1. The van der Waals surface area contributed by atoms with Crippen molar-refractivity contribution in [1.82, 2.24) is 0 Å². The van der Waals surface area contributed by atoms with Crippen LogP contribution in [0.1, 0.15) is 23.5 Å². The second kappa shape index (κ2) is 6.63. The molecule has 0 spiro atoms. The van der Waals surface area contributed by atoms with Gasteiger partial charge in [-0.3, -0.25) is 14.9 Å². The Hall–Kier alpha value is -2.99. The zero-order valence-electron chi connectivity index (χ0n) is 14.9. The molecule has 6 heteroatoms. The molecule has 138 valence electrons. The molecule has 1 heterocycles.